The van der Waals surface area contributed by atoms with E-state index in [2.05, 4.69) is 36.0 Å². The highest BCUT2D eigenvalue weighted by Crippen LogP contribution is 2.21. The summed E-state index contributed by atoms with van der Waals surface area (Å²) in [6, 6.07) is 15.7. The molecule has 4 aromatic rings. The van der Waals surface area contributed by atoms with E-state index in [9.17, 15) is 4.79 Å². The second-order valence-electron chi connectivity index (χ2n) is 8.43. The molecule has 0 atom stereocenters. The van der Waals surface area contributed by atoms with Crippen LogP contribution in [0.25, 0.3) is 5.69 Å². The number of carbonyl (C=O) groups excluding carboxylic acids is 1. The molecule has 1 aliphatic heterocycles. The summed E-state index contributed by atoms with van der Waals surface area (Å²) in [4.78, 5) is 17.2. The van der Waals surface area contributed by atoms with E-state index in [1.54, 1.807) is 16.9 Å². The zero-order chi connectivity index (χ0) is 22.8. The van der Waals surface area contributed by atoms with E-state index >= 15 is 0 Å². The molecule has 0 spiro atoms. The van der Waals surface area contributed by atoms with E-state index in [0.717, 1.165) is 42.5 Å². The van der Waals surface area contributed by atoms with Gasteiger partial charge >= 0.3 is 0 Å². The molecule has 1 aromatic carbocycles. The third kappa shape index (κ3) is 4.47. The number of benzene rings is 1. The number of amides is 1. The molecule has 4 heterocycles. The van der Waals surface area contributed by atoms with Gasteiger partial charge in [0.1, 0.15) is 5.76 Å². The van der Waals surface area contributed by atoms with E-state index in [4.69, 9.17) is 9.52 Å². The predicted molar refractivity (Wildman–Crippen MR) is 124 cm³/mol. The molecule has 0 unspecified atom stereocenters. The molecule has 33 heavy (non-hydrogen) atoms. The van der Waals surface area contributed by atoms with E-state index in [1.165, 1.54) is 5.56 Å². The minimum absolute atomic E-state index is 0.0503. The number of hydrogen-bond donors (Lipinski definition) is 0. The Labute approximate surface area is 193 Å². The lowest BCUT2D eigenvalue weighted by Crippen LogP contribution is -2.48. The second-order valence-corrected chi connectivity index (χ2v) is 8.43. The predicted octanol–water partition coefficient (Wildman–Crippen LogP) is 3.28. The van der Waals surface area contributed by atoms with Crippen molar-refractivity contribution in [2.45, 2.75) is 26.9 Å². The van der Waals surface area contributed by atoms with E-state index in [-0.39, 0.29) is 5.91 Å². The van der Waals surface area contributed by atoms with Crippen LogP contribution >= 0.6 is 0 Å². The molecule has 5 rings (SSSR count). The van der Waals surface area contributed by atoms with Crippen molar-refractivity contribution in [3.05, 3.63) is 89.4 Å². The Morgan fingerprint density at radius 1 is 0.970 bits per heavy atom. The first kappa shape index (κ1) is 21.2. The van der Waals surface area contributed by atoms with Crippen LogP contribution < -0.4 is 0 Å². The molecule has 1 fully saturated rings. The van der Waals surface area contributed by atoms with Gasteiger partial charge in [0.05, 0.1) is 17.9 Å². The molecule has 0 aliphatic carbocycles. The molecule has 1 aliphatic rings. The number of hydrogen-bond acceptors (Lipinski definition) is 5. The summed E-state index contributed by atoms with van der Waals surface area (Å²) in [7, 11) is 0. The highest BCUT2D eigenvalue weighted by atomic mass is 16.4. The molecule has 8 nitrogen and oxygen atoms in total. The SMILES string of the molecule is Cc1nn(-c2ccccc2)c(C)c1CN1CCN(C(=O)c2ccc(Cn3cccn3)o2)CC1. The maximum atomic E-state index is 12.9. The number of para-hydroxylation sites is 1. The van der Waals surface area contributed by atoms with Gasteiger partial charge < -0.3 is 9.32 Å². The third-order valence-electron chi connectivity index (χ3n) is 6.23. The number of piperazine rings is 1. The summed E-state index contributed by atoms with van der Waals surface area (Å²) in [5.41, 5.74) is 4.55. The Morgan fingerprint density at radius 2 is 1.76 bits per heavy atom. The molecule has 170 valence electrons. The highest BCUT2D eigenvalue weighted by Gasteiger charge is 2.25. The van der Waals surface area contributed by atoms with Gasteiger partial charge in [-0.1, -0.05) is 18.2 Å². The molecule has 0 saturated carbocycles. The minimum Gasteiger partial charge on any atom is -0.454 e. The Morgan fingerprint density at radius 3 is 2.48 bits per heavy atom. The first-order valence-electron chi connectivity index (χ1n) is 11.3. The van der Waals surface area contributed by atoms with Gasteiger partial charge in [-0.15, -0.1) is 0 Å². The summed E-state index contributed by atoms with van der Waals surface area (Å²) in [6.45, 7) is 8.55. The number of aromatic nitrogens is 4. The minimum atomic E-state index is -0.0503. The molecule has 0 N–H and O–H groups in total. The lowest BCUT2D eigenvalue weighted by Gasteiger charge is -2.34. The first-order valence-corrected chi connectivity index (χ1v) is 11.3. The van der Waals surface area contributed by atoms with E-state index in [0.29, 0.717) is 25.4 Å². The van der Waals surface area contributed by atoms with Gasteiger partial charge in [-0.25, -0.2) is 4.68 Å². The zero-order valence-corrected chi connectivity index (χ0v) is 19.0. The lowest BCUT2D eigenvalue weighted by molar-refractivity contribution is 0.0595. The number of carbonyl (C=O) groups is 1. The average Bonchev–Trinajstić information content (AvgIpc) is 3.58. The van der Waals surface area contributed by atoms with Crippen LogP contribution in [0.5, 0.6) is 0 Å². The van der Waals surface area contributed by atoms with Crippen LogP contribution in [0.15, 0.2) is 65.3 Å². The number of rotatable bonds is 6. The van der Waals surface area contributed by atoms with Crippen molar-refractivity contribution in [2.24, 2.45) is 0 Å². The van der Waals surface area contributed by atoms with Gasteiger partial charge in [-0.05, 0) is 44.2 Å². The van der Waals surface area contributed by atoms with Crippen molar-refractivity contribution >= 4 is 5.91 Å². The first-order chi connectivity index (χ1) is 16.1. The zero-order valence-electron chi connectivity index (χ0n) is 19.0. The molecular formula is C25H28N6O2. The smallest absolute Gasteiger partial charge is 0.289 e. The molecular weight excluding hydrogens is 416 g/mol. The molecule has 1 amide bonds. The topological polar surface area (TPSA) is 72.3 Å². The number of furan rings is 1. The lowest BCUT2D eigenvalue weighted by atomic mass is 10.1. The fourth-order valence-corrected chi connectivity index (χ4v) is 4.34. The Balaban J connectivity index is 1.19. The van der Waals surface area contributed by atoms with Crippen LogP contribution in [0.4, 0.5) is 0 Å². The average molecular weight is 445 g/mol. The Hall–Kier alpha value is -3.65. The monoisotopic (exact) mass is 444 g/mol. The van der Waals surface area contributed by atoms with Gasteiger partial charge in [0.2, 0.25) is 0 Å². The van der Waals surface area contributed by atoms with E-state index < -0.39 is 0 Å². The van der Waals surface area contributed by atoms with Crippen LogP contribution in [0.2, 0.25) is 0 Å². The van der Waals surface area contributed by atoms with Gasteiger partial charge in [0, 0.05) is 56.4 Å². The molecule has 8 heteroatoms. The fraction of sp³-hybridized carbons (Fsp3) is 0.320. The summed E-state index contributed by atoms with van der Waals surface area (Å²) in [5, 5.41) is 8.94. The van der Waals surface area contributed by atoms with Crippen molar-refractivity contribution in [3.8, 4) is 5.69 Å². The van der Waals surface area contributed by atoms with E-state index in [1.807, 2.05) is 46.1 Å². The molecule has 0 bridgehead atoms. The summed E-state index contributed by atoms with van der Waals surface area (Å²) >= 11 is 0. The van der Waals surface area contributed by atoms with Crippen molar-refractivity contribution < 1.29 is 9.21 Å². The van der Waals surface area contributed by atoms with Gasteiger partial charge in [-0.2, -0.15) is 10.2 Å². The highest BCUT2D eigenvalue weighted by molar-refractivity contribution is 5.91. The maximum Gasteiger partial charge on any atom is 0.289 e. The van der Waals surface area contributed by atoms with Crippen molar-refractivity contribution in [2.75, 3.05) is 26.2 Å². The van der Waals surface area contributed by atoms with Gasteiger partial charge in [-0.3, -0.25) is 14.4 Å². The van der Waals surface area contributed by atoms with Gasteiger partial charge in [0.15, 0.2) is 5.76 Å². The van der Waals surface area contributed by atoms with Crippen LogP contribution in [0.3, 0.4) is 0 Å². The molecule has 3 aromatic heterocycles. The summed E-state index contributed by atoms with van der Waals surface area (Å²) < 4.78 is 9.58. The van der Waals surface area contributed by atoms with Crippen molar-refractivity contribution in [3.63, 3.8) is 0 Å². The normalized spacial score (nSPS) is 14.7. The van der Waals surface area contributed by atoms with Crippen LogP contribution in [-0.2, 0) is 13.1 Å². The molecule has 0 radical (unpaired) electrons. The largest absolute Gasteiger partial charge is 0.454 e. The number of aryl methyl sites for hydroxylation is 1. The Kier molecular flexibility index (Phi) is 5.83. The van der Waals surface area contributed by atoms with Crippen molar-refractivity contribution in [1.29, 1.82) is 0 Å². The fourth-order valence-electron chi connectivity index (χ4n) is 4.34. The maximum absolute atomic E-state index is 12.9. The summed E-state index contributed by atoms with van der Waals surface area (Å²) in [6.07, 6.45) is 3.60. The molecule has 1 saturated heterocycles. The van der Waals surface area contributed by atoms with Crippen LogP contribution in [0.1, 0.15) is 33.3 Å². The standard InChI is InChI=1S/C25H28N6O2/c1-19-23(20(2)31(27-19)21-7-4-3-5-8-21)18-28-13-15-29(16-14-28)25(32)24-10-9-22(33-24)17-30-12-6-11-26-30/h3-12H,13-18H2,1-2H3. The number of nitrogens with zero attached hydrogens (tertiary/aromatic N) is 6. The quantitative estimate of drug-likeness (QED) is 0.456. The van der Waals surface area contributed by atoms with Crippen LogP contribution in [0, 0.1) is 13.8 Å². The van der Waals surface area contributed by atoms with Gasteiger partial charge in [0.25, 0.3) is 5.91 Å². The van der Waals surface area contributed by atoms with Crippen LogP contribution in [-0.4, -0.2) is 61.4 Å². The Bertz CT molecular complexity index is 1220. The third-order valence-corrected chi connectivity index (χ3v) is 6.23. The second kappa shape index (κ2) is 9.07. The van der Waals surface area contributed by atoms with Crippen molar-refractivity contribution in [1.82, 2.24) is 29.4 Å². The summed E-state index contributed by atoms with van der Waals surface area (Å²) in [5.74, 6) is 1.06.